The van der Waals surface area contributed by atoms with Gasteiger partial charge in [-0.15, -0.1) is 0 Å². The molecule has 0 saturated carbocycles. The number of ether oxygens (including phenoxy) is 1. The van der Waals surface area contributed by atoms with E-state index in [9.17, 15) is 4.39 Å². The molecule has 2 N–H and O–H groups in total. The fraction of sp³-hybridized carbons (Fsp3) is 0.455. The Bertz CT molecular complexity index is 790. The zero-order chi connectivity index (χ0) is 20.5. The molecule has 6 nitrogen and oxygen atoms in total. The maximum absolute atomic E-state index is 13.3. The van der Waals surface area contributed by atoms with E-state index in [0.717, 1.165) is 31.0 Å². The van der Waals surface area contributed by atoms with Gasteiger partial charge in [-0.2, -0.15) is 0 Å². The van der Waals surface area contributed by atoms with Gasteiger partial charge in [-0.1, -0.05) is 12.1 Å². The van der Waals surface area contributed by atoms with E-state index >= 15 is 0 Å². The van der Waals surface area contributed by atoms with Gasteiger partial charge in [-0.05, 0) is 50.5 Å². The summed E-state index contributed by atoms with van der Waals surface area (Å²) in [7, 11) is 0. The summed E-state index contributed by atoms with van der Waals surface area (Å²) >= 11 is 0. The average molecular weight is 400 g/mol. The maximum atomic E-state index is 13.3. The SMILES string of the molecule is CCNC(=NCc1ccc(N2CCCC2)nc1)NCC(C)Oc1cccc(F)c1. The molecule has 0 bridgehead atoms. The topological polar surface area (TPSA) is 61.8 Å². The zero-order valence-electron chi connectivity index (χ0n) is 17.2. The lowest BCUT2D eigenvalue weighted by Crippen LogP contribution is -2.41. The molecular weight excluding hydrogens is 369 g/mol. The minimum Gasteiger partial charge on any atom is -0.489 e. The largest absolute Gasteiger partial charge is 0.489 e. The molecule has 0 aliphatic carbocycles. The molecule has 2 heterocycles. The Morgan fingerprint density at radius 3 is 2.76 bits per heavy atom. The molecule has 1 saturated heterocycles. The van der Waals surface area contributed by atoms with Crippen LogP contribution in [0.4, 0.5) is 10.2 Å². The van der Waals surface area contributed by atoms with Gasteiger partial charge in [-0.25, -0.2) is 14.4 Å². The van der Waals surface area contributed by atoms with Gasteiger partial charge in [0.1, 0.15) is 23.5 Å². The molecule has 2 aromatic rings. The van der Waals surface area contributed by atoms with Crippen LogP contribution in [0.15, 0.2) is 47.6 Å². The molecule has 1 aromatic heterocycles. The number of nitrogens with zero attached hydrogens (tertiary/aromatic N) is 3. The molecule has 0 spiro atoms. The summed E-state index contributed by atoms with van der Waals surface area (Å²) in [6.07, 6.45) is 4.25. The van der Waals surface area contributed by atoms with E-state index in [0.29, 0.717) is 24.8 Å². The van der Waals surface area contributed by atoms with E-state index < -0.39 is 0 Å². The van der Waals surface area contributed by atoms with Crippen molar-refractivity contribution in [1.82, 2.24) is 15.6 Å². The third-order valence-electron chi connectivity index (χ3n) is 4.69. The molecule has 1 aliphatic rings. The highest BCUT2D eigenvalue weighted by Crippen LogP contribution is 2.17. The number of guanidine groups is 1. The van der Waals surface area contributed by atoms with Crippen LogP contribution in [0, 0.1) is 5.82 Å². The van der Waals surface area contributed by atoms with E-state index in [4.69, 9.17) is 4.74 Å². The van der Waals surface area contributed by atoms with E-state index in [-0.39, 0.29) is 11.9 Å². The van der Waals surface area contributed by atoms with Crippen molar-refractivity contribution in [2.45, 2.75) is 39.3 Å². The van der Waals surface area contributed by atoms with Gasteiger partial charge in [0.2, 0.25) is 0 Å². The number of aromatic nitrogens is 1. The first-order valence-corrected chi connectivity index (χ1v) is 10.3. The Labute approximate surface area is 172 Å². The highest BCUT2D eigenvalue weighted by molar-refractivity contribution is 5.79. The number of anilines is 1. The summed E-state index contributed by atoms with van der Waals surface area (Å²) in [5.41, 5.74) is 1.06. The summed E-state index contributed by atoms with van der Waals surface area (Å²) in [6, 6.07) is 10.3. The van der Waals surface area contributed by atoms with Crippen molar-refractivity contribution in [3.05, 3.63) is 54.0 Å². The average Bonchev–Trinajstić information content (AvgIpc) is 3.25. The number of rotatable bonds is 8. The van der Waals surface area contributed by atoms with E-state index in [2.05, 4.69) is 37.6 Å². The first-order chi connectivity index (χ1) is 14.1. The number of hydrogen-bond donors (Lipinski definition) is 2. The molecule has 156 valence electrons. The second kappa shape index (κ2) is 10.6. The summed E-state index contributed by atoms with van der Waals surface area (Å²) < 4.78 is 19.0. The molecule has 3 rings (SSSR count). The molecular formula is C22H30FN5O. The minimum absolute atomic E-state index is 0.137. The number of hydrogen-bond acceptors (Lipinski definition) is 4. The standard InChI is InChI=1S/C22H30FN5O/c1-3-24-22(26-14-17(2)29-20-8-6-7-19(23)13-20)27-16-18-9-10-21(25-15-18)28-11-4-5-12-28/h6-10,13,15,17H,3-5,11-12,14,16H2,1-2H3,(H2,24,26,27). The van der Waals surface area contributed by atoms with Crippen LogP contribution >= 0.6 is 0 Å². The Morgan fingerprint density at radius 1 is 1.24 bits per heavy atom. The van der Waals surface area contributed by atoms with E-state index in [1.807, 2.05) is 20.0 Å². The molecule has 0 radical (unpaired) electrons. The van der Waals surface area contributed by atoms with Crippen molar-refractivity contribution in [2.75, 3.05) is 31.1 Å². The Kier molecular flexibility index (Phi) is 7.67. The Hall–Kier alpha value is -2.83. The fourth-order valence-electron chi connectivity index (χ4n) is 3.21. The van der Waals surface area contributed by atoms with Gasteiger partial charge in [0.15, 0.2) is 5.96 Å². The minimum atomic E-state index is -0.304. The highest BCUT2D eigenvalue weighted by atomic mass is 19.1. The van der Waals surface area contributed by atoms with Crippen LogP contribution in [-0.2, 0) is 6.54 Å². The predicted molar refractivity (Wildman–Crippen MR) is 115 cm³/mol. The maximum Gasteiger partial charge on any atom is 0.191 e. The van der Waals surface area contributed by atoms with Gasteiger partial charge >= 0.3 is 0 Å². The third-order valence-corrected chi connectivity index (χ3v) is 4.69. The number of benzene rings is 1. The fourth-order valence-corrected chi connectivity index (χ4v) is 3.21. The predicted octanol–water partition coefficient (Wildman–Crippen LogP) is 3.34. The van der Waals surface area contributed by atoms with Crippen molar-refractivity contribution in [3.63, 3.8) is 0 Å². The first kappa shape index (κ1) is 20.9. The van der Waals surface area contributed by atoms with Gasteiger partial charge in [0.25, 0.3) is 0 Å². The molecule has 1 aliphatic heterocycles. The van der Waals surface area contributed by atoms with Crippen LogP contribution < -0.4 is 20.3 Å². The quantitative estimate of drug-likeness (QED) is 0.527. The second-order valence-corrected chi connectivity index (χ2v) is 7.18. The lowest BCUT2D eigenvalue weighted by Gasteiger charge is -2.18. The zero-order valence-corrected chi connectivity index (χ0v) is 17.2. The van der Waals surface area contributed by atoms with Crippen molar-refractivity contribution in [2.24, 2.45) is 4.99 Å². The molecule has 0 amide bonds. The number of pyridine rings is 1. The van der Waals surface area contributed by atoms with Gasteiger partial charge < -0.3 is 20.3 Å². The normalized spacial score (nSPS) is 15.3. The molecule has 1 aromatic carbocycles. The molecule has 7 heteroatoms. The van der Waals surface area contributed by atoms with Crippen LogP contribution in [-0.4, -0.2) is 43.2 Å². The van der Waals surface area contributed by atoms with Gasteiger partial charge in [-0.3, -0.25) is 0 Å². The molecule has 1 atom stereocenters. The lowest BCUT2D eigenvalue weighted by molar-refractivity contribution is 0.223. The summed E-state index contributed by atoms with van der Waals surface area (Å²) in [6.45, 7) is 8.00. The van der Waals surface area contributed by atoms with Gasteiger partial charge in [0, 0.05) is 31.9 Å². The van der Waals surface area contributed by atoms with Crippen LogP contribution in [0.2, 0.25) is 0 Å². The third kappa shape index (κ3) is 6.62. The van der Waals surface area contributed by atoms with Crippen molar-refractivity contribution >= 4 is 11.8 Å². The van der Waals surface area contributed by atoms with Crippen LogP contribution in [0.25, 0.3) is 0 Å². The summed E-state index contributed by atoms with van der Waals surface area (Å²) in [5, 5.41) is 6.51. The lowest BCUT2D eigenvalue weighted by atomic mass is 10.3. The second-order valence-electron chi connectivity index (χ2n) is 7.18. The monoisotopic (exact) mass is 399 g/mol. The first-order valence-electron chi connectivity index (χ1n) is 10.3. The van der Waals surface area contributed by atoms with Gasteiger partial charge in [0.05, 0.1) is 13.1 Å². The van der Waals surface area contributed by atoms with Crippen LogP contribution in [0.3, 0.4) is 0 Å². The highest BCUT2D eigenvalue weighted by Gasteiger charge is 2.13. The Balaban J connectivity index is 1.51. The van der Waals surface area contributed by atoms with Crippen molar-refractivity contribution < 1.29 is 9.13 Å². The summed E-state index contributed by atoms with van der Waals surface area (Å²) in [5.74, 6) is 1.97. The molecule has 1 unspecified atom stereocenters. The molecule has 29 heavy (non-hydrogen) atoms. The van der Waals surface area contributed by atoms with Crippen molar-refractivity contribution in [3.8, 4) is 5.75 Å². The van der Waals surface area contributed by atoms with Crippen LogP contribution in [0.1, 0.15) is 32.3 Å². The number of halogens is 1. The van der Waals surface area contributed by atoms with Crippen molar-refractivity contribution in [1.29, 1.82) is 0 Å². The number of aliphatic imine (C=N–C) groups is 1. The summed E-state index contributed by atoms with van der Waals surface area (Å²) in [4.78, 5) is 11.5. The smallest absolute Gasteiger partial charge is 0.191 e. The van der Waals surface area contributed by atoms with E-state index in [1.54, 1.807) is 12.1 Å². The molecule has 1 fully saturated rings. The Morgan fingerprint density at radius 2 is 2.07 bits per heavy atom. The van der Waals surface area contributed by atoms with Crippen LogP contribution in [0.5, 0.6) is 5.75 Å². The van der Waals surface area contributed by atoms with E-state index in [1.165, 1.54) is 25.0 Å². The number of nitrogens with one attached hydrogen (secondary N) is 2.